The molecule has 1 rings (SSSR count). The maximum absolute atomic E-state index is 11.7. The first kappa shape index (κ1) is 14.9. The van der Waals surface area contributed by atoms with Gasteiger partial charge >= 0.3 is 0 Å². The largest absolute Gasteiger partial charge is 0.354 e. The molecular formula is C12H22N4OS. The van der Waals surface area contributed by atoms with Gasteiger partial charge < -0.3 is 10.6 Å². The van der Waals surface area contributed by atoms with E-state index in [2.05, 4.69) is 40.8 Å². The van der Waals surface area contributed by atoms with Crippen molar-refractivity contribution in [3.8, 4) is 0 Å². The molecule has 1 heterocycles. The molecule has 1 atom stereocenters. The molecule has 0 radical (unpaired) electrons. The van der Waals surface area contributed by atoms with E-state index in [1.165, 1.54) is 11.5 Å². The summed E-state index contributed by atoms with van der Waals surface area (Å²) in [6, 6.07) is -0.294. The molecule has 1 aromatic rings. The highest BCUT2D eigenvalue weighted by Gasteiger charge is 2.21. The van der Waals surface area contributed by atoms with E-state index in [9.17, 15) is 4.79 Å². The highest BCUT2D eigenvalue weighted by Crippen LogP contribution is 2.23. The molecule has 6 heteroatoms. The molecule has 0 spiro atoms. The summed E-state index contributed by atoms with van der Waals surface area (Å²) >= 11 is 1.29. The van der Waals surface area contributed by atoms with E-state index in [1.54, 1.807) is 0 Å². The standard InChI is InChI=1S/C12H22N4OS/c1-6-7-13-9(17)8(2)14-11-15-10(16-18-11)12(3,4)5/h8H,6-7H2,1-5H3,(H,13,17)(H,14,15,16). The summed E-state index contributed by atoms with van der Waals surface area (Å²) in [7, 11) is 0. The van der Waals surface area contributed by atoms with Gasteiger partial charge in [0, 0.05) is 23.5 Å². The highest BCUT2D eigenvalue weighted by atomic mass is 32.1. The van der Waals surface area contributed by atoms with E-state index in [1.807, 2.05) is 13.8 Å². The molecule has 0 fully saturated rings. The summed E-state index contributed by atoms with van der Waals surface area (Å²) in [4.78, 5) is 16.1. The van der Waals surface area contributed by atoms with E-state index >= 15 is 0 Å². The number of hydrogen-bond donors (Lipinski definition) is 2. The van der Waals surface area contributed by atoms with Crippen molar-refractivity contribution >= 4 is 22.6 Å². The van der Waals surface area contributed by atoms with Crippen LogP contribution in [0.3, 0.4) is 0 Å². The molecule has 0 aliphatic heterocycles. The minimum atomic E-state index is -0.294. The van der Waals surface area contributed by atoms with Gasteiger partial charge in [0.15, 0.2) is 0 Å². The molecule has 0 bridgehead atoms. The predicted molar refractivity (Wildman–Crippen MR) is 75.0 cm³/mol. The second kappa shape index (κ2) is 6.13. The van der Waals surface area contributed by atoms with Crippen molar-refractivity contribution in [1.82, 2.24) is 14.7 Å². The van der Waals surface area contributed by atoms with Crippen molar-refractivity contribution in [1.29, 1.82) is 0 Å². The minimum absolute atomic E-state index is 0.00985. The maximum Gasteiger partial charge on any atom is 0.242 e. The predicted octanol–water partition coefficient (Wildman–Crippen LogP) is 2.16. The Morgan fingerprint density at radius 2 is 2.11 bits per heavy atom. The monoisotopic (exact) mass is 270 g/mol. The van der Waals surface area contributed by atoms with Gasteiger partial charge in [0.25, 0.3) is 0 Å². The van der Waals surface area contributed by atoms with Crippen LogP contribution in [0.15, 0.2) is 0 Å². The number of carbonyl (C=O) groups excluding carboxylic acids is 1. The normalized spacial score (nSPS) is 13.2. The van der Waals surface area contributed by atoms with Gasteiger partial charge in [0.2, 0.25) is 11.0 Å². The summed E-state index contributed by atoms with van der Waals surface area (Å²) < 4.78 is 4.30. The Balaban J connectivity index is 2.57. The number of rotatable bonds is 5. The molecule has 0 saturated carbocycles. The fraction of sp³-hybridized carbons (Fsp3) is 0.750. The lowest BCUT2D eigenvalue weighted by atomic mass is 9.96. The number of anilines is 1. The van der Waals surface area contributed by atoms with Gasteiger partial charge in [-0.3, -0.25) is 4.79 Å². The van der Waals surface area contributed by atoms with Crippen molar-refractivity contribution in [3.05, 3.63) is 5.82 Å². The Morgan fingerprint density at radius 1 is 1.44 bits per heavy atom. The summed E-state index contributed by atoms with van der Waals surface area (Å²) in [5.41, 5.74) is -0.0653. The lowest BCUT2D eigenvalue weighted by Crippen LogP contribution is -2.37. The van der Waals surface area contributed by atoms with E-state index < -0.39 is 0 Å². The van der Waals surface area contributed by atoms with Crippen LogP contribution >= 0.6 is 11.5 Å². The third-order valence-corrected chi connectivity index (χ3v) is 3.03. The van der Waals surface area contributed by atoms with Crippen LogP contribution in [0.4, 0.5) is 5.13 Å². The van der Waals surface area contributed by atoms with Crippen molar-refractivity contribution in [2.24, 2.45) is 0 Å². The van der Waals surface area contributed by atoms with Crippen molar-refractivity contribution < 1.29 is 4.79 Å². The van der Waals surface area contributed by atoms with Crippen LogP contribution in [0.5, 0.6) is 0 Å². The van der Waals surface area contributed by atoms with Crippen LogP contribution in [0.2, 0.25) is 0 Å². The molecule has 102 valence electrons. The third kappa shape index (κ3) is 4.25. The van der Waals surface area contributed by atoms with Crippen molar-refractivity contribution in [2.75, 3.05) is 11.9 Å². The zero-order valence-corrected chi connectivity index (χ0v) is 12.5. The van der Waals surface area contributed by atoms with Crippen LogP contribution in [0.25, 0.3) is 0 Å². The van der Waals surface area contributed by atoms with Gasteiger partial charge in [0.05, 0.1) is 0 Å². The van der Waals surface area contributed by atoms with E-state index in [0.29, 0.717) is 11.7 Å². The van der Waals surface area contributed by atoms with Gasteiger partial charge in [0.1, 0.15) is 11.9 Å². The molecular weight excluding hydrogens is 248 g/mol. The summed E-state index contributed by atoms with van der Waals surface area (Å²) in [5.74, 6) is 0.792. The average Bonchev–Trinajstić information content (AvgIpc) is 2.73. The molecule has 5 nitrogen and oxygen atoms in total. The number of hydrogen-bond acceptors (Lipinski definition) is 5. The van der Waals surface area contributed by atoms with Crippen LogP contribution in [0.1, 0.15) is 46.9 Å². The first-order valence-corrected chi connectivity index (χ1v) is 7.00. The molecule has 0 aromatic carbocycles. The topological polar surface area (TPSA) is 66.9 Å². The maximum atomic E-state index is 11.7. The minimum Gasteiger partial charge on any atom is -0.354 e. The quantitative estimate of drug-likeness (QED) is 0.860. The third-order valence-electron chi connectivity index (χ3n) is 2.38. The molecule has 0 saturated heterocycles. The molecule has 0 aliphatic rings. The number of amides is 1. The fourth-order valence-corrected chi connectivity index (χ4v) is 2.08. The highest BCUT2D eigenvalue weighted by molar-refractivity contribution is 7.09. The number of nitrogens with zero attached hydrogens (tertiary/aromatic N) is 2. The Labute approximate surface area is 113 Å². The van der Waals surface area contributed by atoms with Crippen molar-refractivity contribution in [2.45, 2.75) is 52.5 Å². The van der Waals surface area contributed by atoms with E-state index in [-0.39, 0.29) is 17.4 Å². The lowest BCUT2D eigenvalue weighted by Gasteiger charge is -2.13. The zero-order chi connectivity index (χ0) is 13.8. The van der Waals surface area contributed by atoms with Crippen LogP contribution in [-0.2, 0) is 10.2 Å². The Kier molecular flexibility index (Phi) is 5.07. The molecule has 1 unspecified atom stereocenters. The molecule has 18 heavy (non-hydrogen) atoms. The summed E-state index contributed by atoms with van der Waals surface area (Å²) in [6.45, 7) is 10.7. The van der Waals surface area contributed by atoms with Gasteiger partial charge in [-0.2, -0.15) is 4.37 Å². The Hall–Kier alpha value is -1.17. The van der Waals surface area contributed by atoms with Crippen molar-refractivity contribution in [3.63, 3.8) is 0 Å². The van der Waals surface area contributed by atoms with Gasteiger partial charge in [-0.05, 0) is 13.3 Å². The smallest absolute Gasteiger partial charge is 0.242 e. The molecule has 0 aliphatic carbocycles. The van der Waals surface area contributed by atoms with Crippen LogP contribution in [-0.4, -0.2) is 27.9 Å². The number of nitrogens with one attached hydrogen (secondary N) is 2. The molecule has 2 N–H and O–H groups in total. The van der Waals surface area contributed by atoms with Gasteiger partial charge in [-0.1, -0.05) is 27.7 Å². The summed E-state index contributed by atoms with van der Waals surface area (Å²) in [5, 5.41) is 6.61. The first-order valence-electron chi connectivity index (χ1n) is 6.23. The molecule has 1 aromatic heterocycles. The average molecular weight is 270 g/mol. The second-order valence-electron chi connectivity index (χ2n) is 5.33. The van der Waals surface area contributed by atoms with E-state index in [0.717, 1.165) is 12.2 Å². The summed E-state index contributed by atoms with van der Waals surface area (Å²) in [6.07, 6.45) is 0.936. The first-order chi connectivity index (χ1) is 8.34. The lowest BCUT2D eigenvalue weighted by molar-refractivity contribution is -0.121. The Morgan fingerprint density at radius 3 is 2.61 bits per heavy atom. The van der Waals surface area contributed by atoms with Gasteiger partial charge in [-0.15, -0.1) is 0 Å². The van der Waals surface area contributed by atoms with Crippen LogP contribution < -0.4 is 10.6 Å². The fourth-order valence-electron chi connectivity index (χ4n) is 1.24. The Bertz CT molecular complexity index is 397. The molecule has 1 amide bonds. The zero-order valence-electron chi connectivity index (χ0n) is 11.7. The number of aromatic nitrogens is 2. The SMILES string of the molecule is CCCNC(=O)C(C)Nc1nc(C(C)(C)C)ns1. The van der Waals surface area contributed by atoms with E-state index in [4.69, 9.17) is 0 Å². The van der Waals surface area contributed by atoms with Crippen LogP contribution in [0, 0.1) is 0 Å². The second-order valence-corrected chi connectivity index (χ2v) is 6.08. The van der Waals surface area contributed by atoms with Gasteiger partial charge in [-0.25, -0.2) is 4.98 Å². The number of carbonyl (C=O) groups is 1.